The van der Waals surface area contributed by atoms with Crippen LogP contribution in [0.1, 0.15) is 32.3 Å². The molecule has 0 saturated carbocycles. The number of hydrogen-bond donors (Lipinski definition) is 1. The van der Waals surface area contributed by atoms with Crippen molar-refractivity contribution in [1.82, 2.24) is 4.98 Å². The highest BCUT2D eigenvalue weighted by Crippen LogP contribution is 2.39. The van der Waals surface area contributed by atoms with Crippen LogP contribution in [0.5, 0.6) is 0 Å². The summed E-state index contributed by atoms with van der Waals surface area (Å²) in [7, 11) is 0. The van der Waals surface area contributed by atoms with Crippen molar-refractivity contribution >= 4 is 17.0 Å². The quantitative estimate of drug-likeness (QED) is 0.784. The standard InChI is InChI=1S/C13H16N2O/c1-13(2)6-9(5-10(16)7-13)11-8-15-4-3-12(11)14/h3-5,8H,6-7H2,1-2H3,(H2,14,15). The van der Waals surface area contributed by atoms with Crippen LogP contribution in [-0.4, -0.2) is 10.8 Å². The zero-order valence-corrected chi connectivity index (χ0v) is 9.66. The smallest absolute Gasteiger partial charge is 0.156 e. The summed E-state index contributed by atoms with van der Waals surface area (Å²) in [6.45, 7) is 4.20. The molecule has 0 aliphatic heterocycles. The molecule has 3 nitrogen and oxygen atoms in total. The number of nitrogens with two attached hydrogens (primary N) is 1. The Morgan fingerprint density at radius 2 is 2.12 bits per heavy atom. The lowest BCUT2D eigenvalue weighted by Gasteiger charge is -2.29. The van der Waals surface area contributed by atoms with Gasteiger partial charge in [0, 0.05) is 30.1 Å². The number of carbonyl (C=O) groups excluding carboxylic acids is 1. The number of pyridine rings is 1. The molecule has 0 aromatic carbocycles. The summed E-state index contributed by atoms with van der Waals surface area (Å²) in [4.78, 5) is 15.7. The van der Waals surface area contributed by atoms with E-state index in [1.807, 2.05) is 0 Å². The first-order chi connectivity index (χ1) is 7.48. The zero-order valence-electron chi connectivity index (χ0n) is 9.66. The first-order valence-corrected chi connectivity index (χ1v) is 5.41. The summed E-state index contributed by atoms with van der Waals surface area (Å²) < 4.78 is 0. The first kappa shape index (κ1) is 10.9. The number of anilines is 1. The van der Waals surface area contributed by atoms with Gasteiger partial charge in [-0.25, -0.2) is 0 Å². The van der Waals surface area contributed by atoms with Crippen molar-refractivity contribution in [3.8, 4) is 0 Å². The number of hydrogen-bond acceptors (Lipinski definition) is 3. The number of ketones is 1. The number of nitrogen functional groups attached to an aromatic ring is 1. The van der Waals surface area contributed by atoms with Crippen LogP contribution in [0.15, 0.2) is 24.5 Å². The van der Waals surface area contributed by atoms with Crippen LogP contribution in [0.3, 0.4) is 0 Å². The molecule has 84 valence electrons. The van der Waals surface area contributed by atoms with E-state index in [9.17, 15) is 4.79 Å². The normalized spacial score (nSPS) is 19.4. The second kappa shape index (κ2) is 3.74. The number of rotatable bonds is 1. The second-order valence-electron chi connectivity index (χ2n) is 5.12. The molecular formula is C13H16N2O. The van der Waals surface area contributed by atoms with E-state index >= 15 is 0 Å². The third-order valence-corrected chi connectivity index (χ3v) is 2.86. The Balaban J connectivity index is 2.42. The third kappa shape index (κ3) is 2.13. The highest BCUT2D eigenvalue weighted by molar-refractivity contribution is 6.00. The molecule has 3 heteroatoms. The number of carbonyl (C=O) groups is 1. The molecule has 1 aliphatic carbocycles. The van der Waals surface area contributed by atoms with Crippen LogP contribution in [0, 0.1) is 5.41 Å². The van der Waals surface area contributed by atoms with E-state index in [0.717, 1.165) is 17.6 Å². The van der Waals surface area contributed by atoms with Gasteiger partial charge < -0.3 is 5.73 Å². The molecule has 0 saturated heterocycles. The summed E-state index contributed by atoms with van der Waals surface area (Å²) in [5.74, 6) is 0.175. The van der Waals surface area contributed by atoms with E-state index in [2.05, 4.69) is 18.8 Å². The van der Waals surface area contributed by atoms with Gasteiger partial charge >= 0.3 is 0 Å². The molecule has 2 rings (SSSR count). The number of allylic oxidation sites excluding steroid dienone is 2. The Morgan fingerprint density at radius 1 is 1.38 bits per heavy atom. The lowest BCUT2D eigenvalue weighted by Crippen LogP contribution is -2.21. The van der Waals surface area contributed by atoms with Crippen LogP contribution in [0.2, 0.25) is 0 Å². The molecular weight excluding hydrogens is 200 g/mol. The van der Waals surface area contributed by atoms with Gasteiger partial charge in [-0.1, -0.05) is 13.8 Å². The topological polar surface area (TPSA) is 56.0 Å². The van der Waals surface area contributed by atoms with Crippen LogP contribution in [0.25, 0.3) is 5.57 Å². The minimum absolute atomic E-state index is 0.0173. The Morgan fingerprint density at radius 3 is 2.75 bits per heavy atom. The van der Waals surface area contributed by atoms with E-state index in [1.54, 1.807) is 24.5 Å². The fourth-order valence-electron chi connectivity index (χ4n) is 2.19. The van der Waals surface area contributed by atoms with E-state index in [1.165, 1.54) is 0 Å². The SMILES string of the molecule is CC1(C)CC(=O)C=C(c2cnccc2N)C1. The minimum atomic E-state index is 0.0173. The van der Waals surface area contributed by atoms with Crippen LogP contribution >= 0.6 is 0 Å². The molecule has 0 unspecified atom stereocenters. The molecule has 0 spiro atoms. The molecule has 0 fully saturated rings. The van der Waals surface area contributed by atoms with Gasteiger partial charge in [-0.2, -0.15) is 0 Å². The highest BCUT2D eigenvalue weighted by Gasteiger charge is 2.28. The van der Waals surface area contributed by atoms with Gasteiger partial charge in [0.2, 0.25) is 0 Å². The van der Waals surface area contributed by atoms with Crippen molar-refractivity contribution in [2.75, 3.05) is 5.73 Å². The van der Waals surface area contributed by atoms with Gasteiger partial charge in [0.1, 0.15) is 0 Å². The van der Waals surface area contributed by atoms with E-state index < -0.39 is 0 Å². The molecule has 0 radical (unpaired) electrons. The summed E-state index contributed by atoms with van der Waals surface area (Å²) in [5.41, 5.74) is 8.50. The van der Waals surface area contributed by atoms with Crippen molar-refractivity contribution in [3.63, 3.8) is 0 Å². The highest BCUT2D eigenvalue weighted by atomic mass is 16.1. The van der Waals surface area contributed by atoms with E-state index in [-0.39, 0.29) is 11.2 Å². The summed E-state index contributed by atoms with van der Waals surface area (Å²) in [6, 6.07) is 1.77. The maximum atomic E-state index is 11.6. The largest absolute Gasteiger partial charge is 0.398 e. The second-order valence-corrected chi connectivity index (χ2v) is 5.12. The molecule has 1 heterocycles. The number of nitrogens with zero attached hydrogens (tertiary/aromatic N) is 1. The molecule has 16 heavy (non-hydrogen) atoms. The van der Waals surface area contributed by atoms with Crippen LogP contribution in [-0.2, 0) is 4.79 Å². The lowest BCUT2D eigenvalue weighted by molar-refractivity contribution is -0.116. The van der Waals surface area contributed by atoms with Gasteiger partial charge in [0.25, 0.3) is 0 Å². The lowest BCUT2D eigenvalue weighted by atomic mass is 9.75. The maximum absolute atomic E-state index is 11.6. The van der Waals surface area contributed by atoms with E-state index in [0.29, 0.717) is 12.1 Å². The van der Waals surface area contributed by atoms with Gasteiger partial charge in [0.05, 0.1) is 0 Å². The van der Waals surface area contributed by atoms with Crippen molar-refractivity contribution < 1.29 is 4.79 Å². The van der Waals surface area contributed by atoms with Gasteiger partial charge in [0.15, 0.2) is 5.78 Å². The molecule has 0 bridgehead atoms. The van der Waals surface area contributed by atoms with E-state index in [4.69, 9.17) is 5.73 Å². The number of aromatic nitrogens is 1. The fraction of sp³-hybridized carbons (Fsp3) is 0.385. The molecule has 0 atom stereocenters. The summed E-state index contributed by atoms with van der Waals surface area (Å²) in [6.07, 6.45) is 6.58. The zero-order chi connectivity index (χ0) is 11.8. The van der Waals surface area contributed by atoms with Gasteiger partial charge in [-0.3, -0.25) is 9.78 Å². The van der Waals surface area contributed by atoms with Gasteiger partial charge in [-0.05, 0) is 29.6 Å². The Hall–Kier alpha value is -1.64. The molecule has 2 N–H and O–H groups in total. The molecule has 0 amide bonds. The summed E-state index contributed by atoms with van der Waals surface area (Å²) in [5, 5.41) is 0. The average molecular weight is 216 g/mol. The van der Waals surface area contributed by atoms with Crippen molar-refractivity contribution in [2.24, 2.45) is 5.41 Å². The monoisotopic (exact) mass is 216 g/mol. The minimum Gasteiger partial charge on any atom is -0.398 e. The average Bonchev–Trinajstić information content (AvgIpc) is 2.15. The molecule has 1 aromatic rings. The van der Waals surface area contributed by atoms with Crippen molar-refractivity contribution in [1.29, 1.82) is 0 Å². The predicted molar refractivity (Wildman–Crippen MR) is 64.6 cm³/mol. The predicted octanol–water partition coefficient (Wildman–Crippen LogP) is 2.44. The molecule has 1 aliphatic rings. The van der Waals surface area contributed by atoms with Crippen molar-refractivity contribution in [2.45, 2.75) is 26.7 Å². The fourth-order valence-corrected chi connectivity index (χ4v) is 2.19. The Bertz CT molecular complexity index is 461. The maximum Gasteiger partial charge on any atom is 0.156 e. The molecule has 1 aromatic heterocycles. The summed E-state index contributed by atoms with van der Waals surface area (Å²) >= 11 is 0. The third-order valence-electron chi connectivity index (χ3n) is 2.86. The van der Waals surface area contributed by atoms with Crippen LogP contribution < -0.4 is 5.73 Å². The first-order valence-electron chi connectivity index (χ1n) is 5.41. The Kier molecular flexibility index (Phi) is 2.54. The van der Waals surface area contributed by atoms with Crippen molar-refractivity contribution in [3.05, 3.63) is 30.1 Å². The Labute approximate surface area is 95.4 Å². The van der Waals surface area contributed by atoms with Gasteiger partial charge in [-0.15, -0.1) is 0 Å². The van der Waals surface area contributed by atoms with Crippen LogP contribution in [0.4, 0.5) is 5.69 Å².